The number of anilines is 1. The highest BCUT2D eigenvalue weighted by atomic mass is 15.0. The third-order valence-electron chi connectivity index (χ3n) is 4.91. The Morgan fingerprint density at radius 2 is 2.05 bits per heavy atom. The van der Waals surface area contributed by atoms with Gasteiger partial charge in [0, 0.05) is 17.3 Å². The third-order valence-corrected chi connectivity index (χ3v) is 4.91. The molecule has 0 spiro atoms. The summed E-state index contributed by atoms with van der Waals surface area (Å²) in [5, 5.41) is 4.94. The molecule has 1 aliphatic carbocycles. The van der Waals surface area contributed by atoms with Gasteiger partial charge in [0.15, 0.2) is 5.82 Å². The molecular weight excluding hydrogens is 270 g/mol. The van der Waals surface area contributed by atoms with E-state index in [4.69, 9.17) is 0 Å². The van der Waals surface area contributed by atoms with E-state index in [9.17, 15) is 0 Å². The molecule has 3 heteroatoms. The summed E-state index contributed by atoms with van der Waals surface area (Å²) in [6.07, 6.45) is 5.48. The van der Waals surface area contributed by atoms with Crippen LogP contribution in [0.5, 0.6) is 0 Å². The summed E-state index contributed by atoms with van der Waals surface area (Å²) in [6, 6.07) is 11.2. The average molecular weight is 291 g/mol. The second-order valence-corrected chi connectivity index (χ2v) is 6.25. The molecule has 2 aromatic heterocycles. The van der Waals surface area contributed by atoms with Crippen LogP contribution < -0.4 is 5.32 Å². The molecule has 0 fully saturated rings. The summed E-state index contributed by atoms with van der Waals surface area (Å²) in [5.74, 6) is 0.968. The second kappa shape index (κ2) is 5.16. The number of aromatic nitrogens is 2. The van der Waals surface area contributed by atoms with Crippen LogP contribution in [0.25, 0.3) is 10.9 Å². The lowest BCUT2D eigenvalue weighted by molar-refractivity contribution is 0.599. The Bertz CT molecular complexity index is 832. The highest BCUT2D eigenvalue weighted by Gasteiger charge is 2.21. The average Bonchev–Trinajstić information content (AvgIpc) is 2.84. The molecule has 2 N–H and O–H groups in total. The van der Waals surface area contributed by atoms with Crippen molar-refractivity contribution >= 4 is 16.7 Å². The lowest BCUT2D eigenvalue weighted by Crippen LogP contribution is -2.18. The van der Waals surface area contributed by atoms with Gasteiger partial charge in [0.2, 0.25) is 0 Å². The van der Waals surface area contributed by atoms with Crippen molar-refractivity contribution < 1.29 is 0 Å². The molecule has 112 valence electrons. The van der Waals surface area contributed by atoms with E-state index in [-0.39, 0.29) is 0 Å². The van der Waals surface area contributed by atoms with Gasteiger partial charge in [0.25, 0.3) is 0 Å². The van der Waals surface area contributed by atoms with E-state index in [0.29, 0.717) is 6.04 Å². The number of benzene rings is 1. The van der Waals surface area contributed by atoms with E-state index < -0.39 is 0 Å². The molecular formula is C19H21N3. The molecule has 4 rings (SSSR count). The number of aromatic amines is 1. The van der Waals surface area contributed by atoms with Crippen LogP contribution in [0.15, 0.2) is 36.5 Å². The molecule has 0 saturated heterocycles. The van der Waals surface area contributed by atoms with Gasteiger partial charge in [-0.2, -0.15) is 0 Å². The van der Waals surface area contributed by atoms with Crippen molar-refractivity contribution in [2.45, 2.75) is 39.2 Å². The molecule has 1 atom stereocenters. The van der Waals surface area contributed by atoms with Crippen molar-refractivity contribution in [2.75, 3.05) is 5.32 Å². The Morgan fingerprint density at radius 1 is 1.18 bits per heavy atom. The molecule has 0 aliphatic heterocycles. The molecule has 3 aromatic rings. The smallest absolute Gasteiger partial charge is 0.150 e. The van der Waals surface area contributed by atoms with Gasteiger partial charge in [-0.25, -0.2) is 4.98 Å². The summed E-state index contributed by atoms with van der Waals surface area (Å²) in [5.41, 5.74) is 6.55. The molecule has 1 aliphatic rings. The highest BCUT2D eigenvalue weighted by molar-refractivity contribution is 5.92. The summed E-state index contributed by atoms with van der Waals surface area (Å²) in [7, 11) is 0. The maximum absolute atomic E-state index is 4.59. The van der Waals surface area contributed by atoms with Crippen LogP contribution in [-0.4, -0.2) is 9.97 Å². The summed E-state index contributed by atoms with van der Waals surface area (Å²) < 4.78 is 0. The Morgan fingerprint density at radius 3 is 2.95 bits per heavy atom. The summed E-state index contributed by atoms with van der Waals surface area (Å²) >= 11 is 0. The van der Waals surface area contributed by atoms with Crippen molar-refractivity contribution in [1.82, 2.24) is 9.97 Å². The first kappa shape index (κ1) is 13.4. The zero-order valence-electron chi connectivity index (χ0n) is 13.1. The van der Waals surface area contributed by atoms with Gasteiger partial charge in [-0.05, 0) is 55.9 Å². The SMILES string of the molecule is Cc1[nH]c2c(N[C@@H]3CCCc4ccccc43)nccc2c1C. The fourth-order valence-electron chi connectivity index (χ4n) is 3.56. The van der Waals surface area contributed by atoms with Crippen LogP contribution in [0.2, 0.25) is 0 Å². The molecule has 0 bridgehead atoms. The van der Waals surface area contributed by atoms with E-state index >= 15 is 0 Å². The first-order valence-electron chi connectivity index (χ1n) is 8.02. The molecule has 3 nitrogen and oxygen atoms in total. The van der Waals surface area contributed by atoms with Crippen LogP contribution in [-0.2, 0) is 6.42 Å². The van der Waals surface area contributed by atoms with Crippen LogP contribution >= 0.6 is 0 Å². The number of aryl methyl sites for hydroxylation is 3. The van der Waals surface area contributed by atoms with Gasteiger partial charge in [-0.15, -0.1) is 0 Å². The first-order valence-corrected chi connectivity index (χ1v) is 8.02. The lowest BCUT2D eigenvalue weighted by Gasteiger charge is -2.27. The number of nitrogens with one attached hydrogen (secondary N) is 2. The van der Waals surface area contributed by atoms with Gasteiger partial charge in [0.1, 0.15) is 0 Å². The number of fused-ring (bicyclic) bond motifs is 2. The second-order valence-electron chi connectivity index (χ2n) is 6.25. The van der Waals surface area contributed by atoms with E-state index in [1.807, 2.05) is 6.20 Å². The predicted molar refractivity (Wildman–Crippen MR) is 91.3 cm³/mol. The predicted octanol–water partition coefficient (Wildman–Crippen LogP) is 4.67. The van der Waals surface area contributed by atoms with Crippen molar-refractivity contribution in [1.29, 1.82) is 0 Å². The fraction of sp³-hybridized carbons (Fsp3) is 0.316. The fourth-order valence-corrected chi connectivity index (χ4v) is 3.56. The number of nitrogens with zero attached hydrogens (tertiary/aromatic N) is 1. The zero-order chi connectivity index (χ0) is 15.1. The maximum atomic E-state index is 4.59. The van der Waals surface area contributed by atoms with Gasteiger partial charge in [-0.1, -0.05) is 24.3 Å². The molecule has 0 saturated carbocycles. The van der Waals surface area contributed by atoms with Gasteiger partial charge in [-0.3, -0.25) is 0 Å². The number of hydrogen-bond donors (Lipinski definition) is 2. The van der Waals surface area contributed by atoms with Crippen LogP contribution in [0.4, 0.5) is 5.82 Å². The summed E-state index contributed by atoms with van der Waals surface area (Å²) in [4.78, 5) is 8.07. The minimum atomic E-state index is 0.354. The van der Waals surface area contributed by atoms with Gasteiger partial charge in [0.05, 0.1) is 11.6 Å². The number of pyridine rings is 1. The number of H-pyrrole nitrogens is 1. The van der Waals surface area contributed by atoms with Gasteiger partial charge >= 0.3 is 0 Å². The van der Waals surface area contributed by atoms with Crippen molar-refractivity contribution in [3.63, 3.8) is 0 Å². The largest absolute Gasteiger partial charge is 0.362 e. The topological polar surface area (TPSA) is 40.7 Å². The van der Waals surface area contributed by atoms with Crippen LogP contribution in [0.1, 0.15) is 41.3 Å². The van der Waals surface area contributed by atoms with E-state index in [0.717, 1.165) is 17.8 Å². The highest BCUT2D eigenvalue weighted by Crippen LogP contribution is 2.34. The number of rotatable bonds is 2. The van der Waals surface area contributed by atoms with Crippen molar-refractivity contribution in [3.8, 4) is 0 Å². The maximum Gasteiger partial charge on any atom is 0.150 e. The monoisotopic (exact) mass is 291 g/mol. The zero-order valence-corrected chi connectivity index (χ0v) is 13.1. The van der Waals surface area contributed by atoms with E-state index in [1.54, 1.807) is 0 Å². The van der Waals surface area contributed by atoms with Crippen LogP contribution in [0.3, 0.4) is 0 Å². The third kappa shape index (κ3) is 2.08. The normalized spacial score (nSPS) is 17.5. The van der Waals surface area contributed by atoms with Crippen molar-refractivity contribution in [2.24, 2.45) is 0 Å². The van der Waals surface area contributed by atoms with Crippen LogP contribution in [0, 0.1) is 13.8 Å². The van der Waals surface area contributed by atoms with E-state index in [2.05, 4.69) is 59.5 Å². The molecule has 1 aromatic carbocycles. The quantitative estimate of drug-likeness (QED) is 0.720. The van der Waals surface area contributed by atoms with Gasteiger partial charge < -0.3 is 10.3 Å². The van der Waals surface area contributed by atoms with Crippen molar-refractivity contribution in [3.05, 3.63) is 58.9 Å². The number of hydrogen-bond acceptors (Lipinski definition) is 2. The molecule has 2 heterocycles. The standard InChI is InChI=1S/C19H21N3/c1-12-13(2)21-18-15(12)10-11-20-19(18)22-17-9-5-7-14-6-3-4-8-16(14)17/h3-4,6,8,10-11,17,21H,5,7,9H2,1-2H3,(H,20,22)/t17-/m1/s1. The first-order chi connectivity index (χ1) is 10.7. The minimum absolute atomic E-state index is 0.354. The minimum Gasteiger partial charge on any atom is -0.362 e. The molecule has 22 heavy (non-hydrogen) atoms. The molecule has 0 radical (unpaired) electrons. The Labute approximate surface area is 130 Å². The lowest BCUT2D eigenvalue weighted by atomic mass is 9.88. The Hall–Kier alpha value is -2.29. The molecule has 0 amide bonds. The Kier molecular flexibility index (Phi) is 3.14. The molecule has 0 unspecified atom stereocenters. The van der Waals surface area contributed by atoms with E-state index in [1.165, 1.54) is 40.6 Å². The summed E-state index contributed by atoms with van der Waals surface area (Å²) in [6.45, 7) is 4.28. The Balaban J connectivity index is 1.75.